The van der Waals surface area contributed by atoms with Gasteiger partial charge in [-0.2, -0.15) is 5.10 Å². The SMILES string of the molecule is NCc1nn2c(c1-c1cc(Cl)ccc1F)CCC2. The molecule has 0 amide bonds. The maximum absolute atomic E-state index is 14.0. The zero-order chi connectivity index (χ0) is 12.7. The first-order chi connectivity index (χ1) is 8.70. The summed E-state index contributed by atoms with van der Waals surface area (Å²) in [6, 6.07) is 4.58. The molecule has 3 rings (SSSR count). The van der Waals surface area contributed by atoms with E-state index in [0.717, 1.165) is 36.3 Å². The van der Waals surface area contributed by atoms with Crippen LogP contribution in [0.2, 0.25) is 5.02 Å². The molecule has 0 aliphatic carbocycles. The quantitative estimate of drug-likeness (QED) is 0.907. The molecule has 2 N–H and O–H groups in total. The summed E-state index contributed by atoms with van der Waals surface area (Å²) in [5.41, 5.74) is 8.85. The monoisotopic (exact) mass is 265 g/mol. The van der Waals surface area contributed by atoms with E-state index in [2.05, 4.69) is 5.10 Å². The van der Waals surface area contributed by atoms with Gasteiger partial charge in [-0.15, -0.1) is 0 Å². The Hall–Kier alpha value is -1.39. The van der Waals surface area contributed by atoms with Crippen molar-refractivity contribution in [3.8, 4) is 11.1 Å². The molecule has 0 fully saturated rings. The van der Waals surface area contributed by atoms with Crippen LogP contribution in [-0.2, 0) is 19.5 Å². The van der Waals surface area contributed by atoms with Gasteiger partial charge in [0, 0.05) is 34.9 Å². The Morgan fingerprint density at radius 1 is 1.44 bits per heavy atom. The van der Waals surface area contributed by atoms with E-state index in [0.29, 0.717) is 17.1 Å². The molecule has 94 valence electrons. The van der Waals surface area contributed by atoms with Gasteiger partial charge in [-0.25, -0.2) is 4.39 Å². The lowest BCUT2D eigenvalue weighted by atomic mass is 10.0. The molecule has 0 unspecified atom stereocenters. The van der Waals surface area contributed by atoms with Crippen LogP contribution in [0, 0.1) is 5.82 Å². The molecular weight excluding hydrogens is 253 g/mol. The van der Waals surface area contributed by atoms with E-state index in [-0.39, 0.29) is 5.82 Å². The fourth-order valence-electron chi connectivity index (χ4n) is 2.53. The van der Waals surface area contributed by atoms with Crippen molar-refractivity contribution in [1.29, 1.82) is 0 Å². The molecule has 0 saturated carbocycles. The van der Waals surface area contributed by atoms with Gasteiger partial charge in [-0.1, -0.05) is 11.6 Å². The van der Waals surface area contributed by atoms with Gasteiger partial charge in [0.2, 0.25) is 0 Å². The first kappa shape index (κ1) is 11.7. The highest BCUT2D eigenvalue weighted by molar-refractivity contribution is 6.30. The third kappa shape index (κ3) is 1.72. The van der Waals surface area contributed by atoms with Crippen molar-refractivity contribution in [2.75, 3.05) is 0 Å². The fraction of sp³-hybridized carbons (Fsp3) is 0.308. The Morgan fingerprint density at radius 3 is 3.06 bits per heavy atom. The number of fused-ring (bicyclic) bond motifs is 1. The maximum atomic E-state index is 14.0. The van der Waals surface area contributed by atoms with Crippen LogP contribution < -0.4 is 5.73 Å². The molecule has 1 aromatic heterocycles. The van der Waals surface area contributed by atoms with E-state index in [9.17, 15) is 4.39 Å². The zero-order valence-electron chi connectivity index (χ0n) is 9.79. The Kier molecular flexibility index (Phi) is 2.84. The molecule has 0 saturated heterocycles. The average molecular weight is 266 g/mol. The molecule has 2 heterocycles. The summed E-state index contributed by atoms with van der Waals surface area (Å²) in [5, 5.41) is 4.96. The van der Waals surface area contributed by atoms with Crippen LogP contribution in [0.25, 0.3) is 11.1 Å². The number of nitrogens with zero attached hydrogens (tertiary/aromatic N) is 2. The molecule has 0 spiro atoms. The molecule has 5 heteroatoms. The minimum Gasteiger partial charge on any atom is -0.325 e. The number of aromatic nitrogens is 2. The Balaban J connectivity index is 2.24. The summed E-state index contributed by atoms with van der Waals surface area (Å²) < 4.78 is 15.9. The van der Waals surface area contributed by atoms with Gasteiger partial charge in [0.1, 0.15) is 5.82 Å². The minimum absolute atomic E-state index is 0.281. The molecule has 0 atom stereocenters. The van der Waals surface area contributed by atoms with Crippen molar-refractivity contribution >= 4 is 11.6 Å². The standard InChI is InChI=1S/C13H13ClFN3/c14-8-3-4-10(15)9(6-8)13-11(7-16)17-18-5-1-2-12(13)18/h3-4,6H,1-2,5,7,16H2. The van der Waals surface area contributed by atoms with Gasteiger partial charge in [0.15, 0.2) is 0 Å². The second kappa shape index (κ2) is 4.37. The molecular formula is C13H13ClFN3. The molecule has 0 radical (unpaired) electrons. The van der Waals surface area contributed by atoms with Crippen LogP contribution in [0.1, 0.15) is 17.8 Å². The van der Waals surface area contributed by atoms with Crippen LogP contribution in [0.5, 0.6) is 0 Å². The van der Waals surface area contributed by atoms with Crippen LogP contribution in [0.15, 0.2) is 18.2 Å². The molecule has 1 aliphatic heterocycles. The van der Waals surface area contributed by atoms with Crippen molar-refractivity contribution in [3.63, 3.8) is 0 Å². The average Bonchev–Trinajstić information content (AvgIpc) is 2.92. The molecule has 1 aromatic carbocycles. The lowest BCUT2D eigenvalue weighted by Crippen LogP contribution is -2.01. The van der Waals surface area contributed by atoms with E-state index in [1.54, 1.807) is 12.1 Å². The lowest BCUT2D eigenvalue weighted by molar-refractivity contribution is 0.631. The number of nitrogens with two attached hydrogens (primary N) is 1. The van der Waals surface area contributed by atoms with E-state index >= 15 is 0 Å². The first-order valence-electron chi connectivity index (χ1n) is 5.94. The Morgan fingerprint density at radius 2 is 2.28 bits per heavy atom. The third-order valence-corrected chi connectivity index (χ3v) is 3.54. The first-order valence-corrected chi connectivity index (χ1v) is 6.32. The fourth-order valence-corrected chi connectivity index (χ4v) is 2.70. The molecule has 0 bridgehead atoms. The molecule has 1 aliphatic rings. The highest BCUT2D eigenvalue weighted by atomic mass is 35.5. The Labute approximate surface area is 109 Å². The predicted octanol–water partition coefficient (Wildman–Crippen LogP) is 2.75. The summed E-state index contributed by atoms with van der Waals surface area (Å²) in [6.07, 6.45) is 1.96. The van der Waals surface area contributed by atoms with Gasteiger partial charge in [0.25, 0.3) is 0 Å². The van der Waals surface area contributed by atoms with E-state index in [1.807, 2.05) is 4.68 Å². The lowest BCUT2D eigenvalue weighted by Gasteiger charge is -2.06. The van der Waals surface area contributed by atoms with Crippen LogP contribution in [0.4, 0.5) is 4.39 Å². The number of rotatable bonds is 2. The van der Waals surface area contributed by atoms with E-state index in [4.69, 9.17) is 17.3 Å². The van der Waals surface area contributed by atoms with Crippen LogP contribution in [-0.4, -0.2) is 9.78 Å². The van der Waals surface area contributed by atoms with Gasteiger partial charge >= 0.3 is 0 Å². The zero-order valence-corrected chi connectivity index (χ0v) is 10.5. The number of halogens is 2. The predicted molar refractivity (Wildman–Crippen MR) is 68.8 cm³/mol. The normalized spacial score (nSPS) is 13.9. The smallest absolute Gasteiger partial charge is 0.131 e. The van der Waals surface area contributed by atoms with Gasteiger partial charge in [-0.3, -0.25) is 4.68 Å². The van der Waals surface area contributed by atoms with Gasteiger partial charge < -0.3 is 5.73 Å². The summed E-state index contributed by atoms with van der Waals surface area (Å²) in [5.74, 6) is -0.281. The highest BCUT2D eigenvalue weighted by Crippen LogP contribution is 2.34. The third-order valence-electron chi connectivity index (χ3n) is 3.30. The minimum atomic E-state index is -0.281. The van der Waals surface area contributed by atoms with E-state index in [1.165, 1.54) is 6.07 Å². The Bertz CT molecular complexity index is 607. The number of hydrogen-bond donors (Lipinski definition) is 1. The second-order valence-corrected chi connectivity index (χ2v) is 4.86. The highest BCUT2D eigenvalue weighted by Gasteiger charge is 2.23. The largest absolute Gasteiger partial charge is 0.325 e. The summed E-state index contributed by atoms with van der Waals surface area (Å²) in [6.45, 7) is 1.19. The summed E-state index contributed by atoms with van der Waals surface area (Å²) in [7, 11) is 0. The summed E-state index contributed by atoms with van der Waals surface area (Å²) in [4.78, 5) is 0. The van der Waals surface area contributed by atoms with Crippen molar-refractivity contribution < 1.29 is 4.39 Å². The molecule has 3 nitrogen and oxygen atoms in total. The number of hydrogen-bond acceptors (Lipinski definition) is 2. The molecule has 2 aromatic rings. The van der Waals surface area contributed by atoms with Gasteiger partial charge in [-0.05, 0) is 31.0 Å². The van der Waals surface area contributed by atoms with Crippen LogP contribution in [0.3, 0.4) is 0 Å². The molecule has 18 heavy (non-hydrogen) atoms. The second-order valence-electron chi connectivity index (χ2n) is 4.42. The van der Waals surface area contributed by atoms with Crippen molar-refractivity contribution in [3.05, 3.63) is 40.4 Å². The van der Waals surface area contributed by atoms with Gasteiger partial charge in [0.05, 0.1) is 5.69 Å². The topological polar surface area (TPSA) is 43.8 Å². The van der Waals surface area contributed by atoms with Crippen LogP contribution >= 0.6 is 11.6 Å². The van der Waals surface area contributed by atoms with E-state index < -0.39 is 0 Å². The maximum Gasteiger partial charge on any atom is 0.131 e. The summed E-state index contributed by atoms with van der Waals surface area (Å²) >= 11 is 5.96. The van der Waals surface area contributed by atoms with Crippen molar-refractivity contribution in [2.45, 2.75) is 25.9 Å². The van der Waals surface area contributed by atoms with Crippen molar-refractivity contribution in [1.82, 2.24) is 9.78 Å². The number of aryl methyl sites for hydroxylation is 1. The number of benzene rings is 1. The van der Waals surface area contributed by atoms with Crippen molar-refractivity contribution in [2.24, 2.45) is 5.73 Å².